The van der Waals surface area contributed by atoms with Crippen LogP contribution in [0.2, 0.25) is 0 Å². The number of alkyl halides is 1. The number of methoxy groups -OCH3 is 3. The Morgan fingerprint density at radius 3 is 1.90 bits per heavy atom. The van der Waals surface area contributed by atoms with E-state index in [0.29, 0.717) is 0 Å². The molecule has 0 aliphatic rings. The van der Waals surface area contributed by atoms with Crippen LogP contribution in [0.4, 0.5) is 10.1 Å². The molecule has 3 aromatic rings. The molecular formula is C23H31FN2O4. The largest absolute Gasteiger partial charge is 0.497 e. The molecule has 0 amide bonds. The smallest absolute Gasteiger partial charge is 0.167 e. The van der Waals surface area contributed by atoms with E-state index in [1.165, 1.54) is 7.11 Å². The number of hydrogen-bond acceptors (Lipinski definition) is 6. The minimum absolute atomic E-state index is 0.222. The van der Waals surface area contributed by atoms with Gasteiger partial charge in [0, 0.05) is 58.3 Å². The van der Waals surface area contributed by atoms with Crippen molar-refractivity contribution in [1.29, 1.82) is 0 Å². The van der Waals surface area contributed by atoms with E-state index in [9.17, 15) is 4.39 Å². The van der Waals surface area contributed by atoms with Crippen molar-refractivity contribution < 1.29 is 23.1 Å². The molecule has 1 aromatic heterocycles. The first kappa shape index (κ1) is 25.1. The summed E-state index contributed by atoms with van der Waals surface area (Å²) in [4.78, 5) is 2.06. The molecule has 0 saturated heterocycles. The van der Waals surface area contributed by atoms with Crippen LogP contribution < -0.4 is 9.64 Å². The zero-order chi connectivity index (χ0) is 22.4. The second-order valence-electron chi connectivity index (χ2n) is 6.34. The zero-order valence-corrected chi connectivity index (χ0v) is 18.5. The topological polar surface area (TPSA) is 57.0 Å². The number of rotatable bonds is 6. The summed E-state index contributed by atoms with van der Waals surface area (Å²) < 4.78 is 30.0. The Balaban J connectivity index is 0.000000485. The van der Waals surface area contributed by atoms with Crippen molar-refractivity contribution in [3.63, 3.8) is 0 Å². The van der Waals surface area contributed by atoms with Crippen LogP contribution in [0, 0.1) is 0 Å². The van der Waals surface area contributed by atoms with Gasteiger partial charge in [-0.2, -0.15) is 0 Å². The van der Waals surface area contributed by atoms with Gasteiger partial charge in [-0.05, 0) is 36.4 Å². The molecule has 7 heteroatoms. The van der Waals surface area contributed by atoms with Crippen molar-refractivity contribution in [2.75, 3.05) is 60.7 Å². The van der Waals surface area contributed by atoms with E-state index in [-0.39, 0.29) is 13.3 Å². The highest BCUT2D eigenvalue weighted by Gasteiger charge is 2.09. The molecule has 164 valence electrons. The quantitative estimate of drug-likeness (QED) is 0.565. The third-order valence-corrected chi connectivity index (χ3v) is 3.85. The first-order chi connectivity index (χ1) is 14.5. The lowest BCUT2D eigenvalue weighted by atomic mass is 10.1. The summed E-state index contributed by atoms with van der Waals surface area (Å²) in [5.41, 5.74) is 4.00. The fourth-order valence-electron chi connectivity index (χ4n) is 2.31. The lowest BCUT2D eigenvalue weighted by Crippen LogP contribution is -2.07. The summed E-state index contributed by atoms with van der Waals surface area (Å²) in [7, 11) is 10.4. The third kappa shape index (κ3) is 8.23. The summed E-state index contributed by atoms with van der Waals surface area (Å²) in [6.45, 7) is -0.156. The van der Waals surface area contributed by atoms with E-state index in [1.54, 1.807) is 21.3 Å². The van der Waals surface area contributed by atoms with Crippen molar-refractivity contribution in [3.05, 3.63) is 54.6 Å². The molecule has 2 aromatic carbocycles. The zero-order valence-electron chi connectivity index (χ0n) is 18.5. The molecule has 0 aliphatic carbocycles. The Kier molecular flexibility index (Phi) is 11.8. The van der Waals surface area contributed by atoms with E-state index in [1.807, 2.05) is 56.6 Å². The standard InChI is InChI=1S/C18H18N2O2.C3H7FO.C2H6O/c1-20(2)15-8-4-13(5-9-15)17-12-18(22-19-17)14-6-10-16(21-3)11-7-14;1-5-3-2-4;1-3-2/h4-12H,1-3H3;2-3H2,1H3;1-2H3. The van der Waals surface area contributed by atoms with E-state index >= 15 is 0 Å². The van der Waals surface area contributed by atoms with Crippen molar-refractivity contribution >= 4 is 5.69 Å². The first-order valence-electron chi connectivity index (χ1n) is 9.34. The minimum Gasteiger partial charge on any atom is -0.497 e. The molecule has 6 nitrogen and oxygen atoms in total. The monoisotopic (exact) mass is 418 g/mol. The molecule has 0 spiro atoms. The Labute approximate surface area is 178 Å². The number of hydrogen-bond donors (Lipinski definition) is 0. The van der Waals surface area contributed by atoms with Gasteiger partial charge < -0.3 is 23.6 Å². The Morgan fingerprint density at radius 2 is 1.47 bits per heavy atom. The summed E-state index contributed by atoms with van der Waals surface area (Å²) in [6.07, 6.45) is 0. The molecule has 0 aliphatic heterocycles. The molecule has 0 atom stereocenters. The van der Waals surface area contributed by atoms with Crippen LogP contribution >= 0.6 is 0 Å². The maximum Gasteiger partial charge on any atom is 0.167 e. The summed E-state index contributed by atoms with van der Waals surface area (Å²) in [6, 6.07) is 17.9. The molecule has 0 bridgehead atoms. The van der Waals surface area contributed by atoms with Crippen LogP contribution in [0.15, 0.2) is 59.1 Å². The molecule has 0 N–H and O–H groups in total. The summed E-state index contributed by atoms with van der Waals surface area (Å²) in [5, 5.41) is 4.16. The van der Waals surface area contributed by atoms with Gasteiger partial charge in [-0.1, -0.05) is 17.3 Å². The first-order valence-corrected chi connectivity index (χ1v) is 9.34. The fourth-order valence-corrected chi connectivity index (χ4v) is 2.31. The number of anilines is 1. The second kappa shape index (κ2) is 14.1. The van der Waals surface area contributed by atoms with Gasteiger partial charge in [0.15, 0.2) is 5.76 Å². The summed E-state index contributed by atoms with van der Waals surface area (Å²) in [5.74, 6) is 1.57. The van der Waals surface area contributed by atoms with Gasteiger partial charge in [-0.25, -0.2) is 4.39 Å². The molecule has 3 rings (SSSR count). The van der Waals surface area contributed by atoms with Crippen molar-refractivity contribution in [3.8, 4) is 28.3 Å². The van der Waals surface area contributed by atoms with Crippen LogP contribution in [0.5, 0.6) is 5.75 Å². The predicted octanol–water partition coefficient (Wildman–Crippen LogP) is 4.95. The third-order valence-electron chi connectivity index (χ3n) is 3.85. The van der Waals surface area contributed by atoms with Gasteiger partial charge in [-0.3, -0.25) is 0 Å². The molecule has 0 unspecified atom stereocenters. The molecular weight excluding hydrogens is 387 g/mol. The van der Waals surface area contributed by atoms with Gasteiger partial charge in [0.25, 0.3) is 0 Å². The normalized spacial score (nSPS) is 9.70. The maximum absolute atomic E-state index is 10.9. The second-order valence-corrected chi connectivity index (χ2v) is 6.34. The molecule has 0 saturated carbocycles. The van der Waals surface area contributed by atoms with Gasteiger partial charge in [0.1, 0.15) is 18.1 Å². The maximum atomic E-state index is 10.9. The fraction of sp³-hybridized carbons (Fsp3) is 0.348. The lowest BCUT2D eigenvalue weighted by molar-refractivity contribution is 0.175. The Morgan fingerprint density at radius 1 is 0.900 bits per heavy atom. The molecule has 30 heavy (non-hydrogen) atoms. The number of halogens is 1. The number of ether oxygens (including phenoxy) is 3. The highest BCUT2D eigenvalue weighted by Crippen LogP contribution is 2.28. The van der Waals surface area contributed by atoms with Crippen molar-refractivity contribution in [1.82, 2.24) is 5.16 Å². The van der Waals surface area contributed by atoms with Crippen molar-refractivity contribution in [2.45, 2.75) is 0 Å². The summed E-state index contributed by atoms with van der Waals surface area (Å²) >= 11 is 0. The Hall–Kier alpha value is -2.90. The van der Waals surface area contributed by atoms with Crippen LogP contribution in [0.25, 0.3) is 22.6 Å². The van der Waals surface area contributed by atoms with E-state index in [0.717, 1.165) is 34.0 Å². The van der Waals surface area contributed by atoms with Gasteiger partial charge in [0.05, 0.1) is 13.7 Å². The highest BCUT2D eigenvalue weighted by molar-refractivity contribution is 5.68. The van der Waals surface area contributed by atoms with E-state index in [4.69, 9.17) is 9.26 Å². The number of nitrogens with zero attached hydrogens (tertiary/aromatic N) is 2. The van der Waals surface area contributed by atoms with Crippen LogP contribution in [0.3, 0.4) is 0 Å². The van der Waals surface area contributed by atoms with Crippen LogP contribution in [-0.2, 0) is 9.47 Å². The van der Waals surface area contributed by atoms with Crippen LogP contribution in [0.1, 0.15) is 0 Å². The number of benzene rings is 2. The average molecular weight is 419 g/mol. The minimum atomic E-state index is -0.378. The lowest BCUT2D eigenvalue weighted by Gasteiger charge is -2.11. The molecule has 0 radical (unpaired) electrons. The van der Waals surface area contributed by atoms with E-state index in [2.05, 4.69) is 31.7 Å². The average Bonchev–Trinajstić information content (AvgIpc) is 3.26. The molecule has 1 heterocycles. The Bertz CT molecular complexity index is 816. The van der Waals surface area contributed by atoms with E-state index < -0.39 is 0 Å². The van der Waals surface area contributed by atoms with Gasteiger partial charge in [0.2, 0.25) is 0 Å². The predicted molar refractivity (Wildman–Crippen MR) is 119 cm³/mol. The SMILES string of the molecule is COC.COCCF.COc1ccc(-c2cc(-c3ccc(N(C)C)cc3)no2)cc1. The molecule has 0 fully saturated rings. The number of aromatic nitrogens is 1. The van der Waals surface area contributed by atoms with Gasteiger partial charge in [-0.15, -0.1) is 0 Å². The van der Waals surface area contributed by atoms with Gasteiger partial charge >= 0.3 is 0 Å². The highest BCUT2D eigenvalue weighted by atomic mass is 19.1. The van der Waals surface area contributed by atoms with Crippen LogP contribution in [-0.4, -0.2) is 61.0 Å². The van der Waals surface area contributed by atoms with Crippen molar-refractivity contribution in [2.24, 2.45) is 0 Å².